The summed E-state index contributed by atoms with van der Waals surface area (Å²) in [6.07, 6.45) is 9.62. The van der Waals surface area contributed by atoms with Crippen LogP contribution in [0.2, 0.25) is 0 Å². The Morgan fingerprint density at radius 1 is 1.23 bits per heavy atom. The van der Waals surface area contributed by atoms with E-state index in [-0.39, 0.29) is 28.9 Å². The van der Waals surface area contributed by atoms with Crippen LogP contribution in [0.25, 0.3) is 0 Å². The summed E-state index contributed by atoms with van der Waals surface area (Å²) < 4.78 is 0. The van der Waals surface area contributed by atoms with Gasteiger partial charge in [0.05, 0.1) is 6.04 Å². The maximum absolute atomic E-state index is 12.5. The Morgan fingerprint density at radius 3 is 2.73 bits per heavy atom. The van der Waals surface area contributed by atoms with Crippen molar-refractivity contribution in [2.75, 3.05) is 0 Å². The van der Waals surface area contributed by atoms with E-state index >= 15 is 0 Å². The van der Waals surface area contributed by atoms with Gasteiger partial charge in [0.1, 0.15) is 5.78 Å². The highest BCUT2D eigenvalue weighted by atomic mass is 16.2. The fourth-order valence-electron chi connectivity index (χ4n) is 6.40. The molecule has 1 amide bonds. The highest BCUT2D eigenvalue weighted by Crippen LogP contribution is 2.63. The van der Waals surface area contributed by atoms with E-state index in [0.29, 0.717) is 36.4 Å². The van der Waals surface area contributed by atoms with Crippen LogP contribution in [-0.2, 0) is 19.2 Å². The number of fused-ring (bicyclic) bond motifs is 5. The zero-order valence-corrected chi connectivity index (χ0v) is 15.3. The second kappa shape index (κ2) is 5.73. The standard InChI is InChI=1S/C21H25NO4/c1-20-7-5-12(24)9-16(20)17(22-19(26)11-23)10-13-14-3-4-18(25)21(14,2)8-6-15(13)20/h5,7,9,11,13-15,17H,3-4,6,8,10H2,1-2H3,(H,22,26)/t13-,14-,15-,17+,20+,21-/m0/s1. The molecule has 0 unspecified atom stereocenters. The molecule has 26 heavy (non-hydrogen) atoms. The summed E-state index contributed by atoms with van der Waals surface area (Å²) >= 11 is 0. The van der Waals surface area contributed by atoms with Crippen LogP contribution in [0.15, 0.2) is 23.8 Å². The smallest absolute Gasteiger partial charge is 0.284 e. The van der Waals surface area contributed by atoms with Crippen molar-refractivity contribution in [3.05, 3.63) is 23.8 Å². The number of carbonyl (C=O) groups excluding carboxylic acids is 4. The summed E-state index contributed by atoms with van der Waals surface area (Å²) in [6, 6.07) is -0.328. The number of aldehydes is 1. The number of nitrogens with one attached hydrogen (secondary N) is 1. The minimum absolute atomic E-state index is 0.0713. The van der Waals surface area contributed by atoms with Crippen molar-refractivity contribution in [2.24, 2.45) is 28.6 Å². The van der Waals surface area contributed by atoms with E-state index in [1.165, 1.54) is 0 Å². The maximum atomic E-state index is 12.5. The Hall–Kier alpha value is -2.04. The summed E-state index contributed by atoms with van der Waals surface area (Å²) in [5.74, 6) is 0.616. The first-order valence-corrected chi connectivity index (χ1v) is 9.54. The van der Waals surface area contributed by atoms with Gasteiger partial charge in [-0.3, -0.25) is 19.2 Å². The van der Waals surface area contributed by atoms with Gasteiger partial charge in [-0.25, -0.2) is 0 Å². The van der Waals surface area contributed by atoms with Crippen LogP contribution in [0.4, 0.5) is 0 Å². The number of hydrogen-bond donors (Lipinski definition) is 1. The summed E-state index contributed by atoms with van der Waals surface area (Å²) in [4.78, 5) is 47.2. The van der Waals surface area contributed by atoms with Crippen molar-refractivity contribution >= 4 is 23.8 Å². The number of ketones is 2. The Kier molecular flexibility index (Phi) is 3.83. The molecule has 0 aromatic rings. The van der Waals surface area contributed by atoms with Crippen molar-refractivity contribution in [1.29, 1.82) is 0 Å². The van der Waals surface area contributed by atoms with E-state index in [9.17, 15) is 19.2 Å². The zero-order chi connectivity index (χ0) is 18.7. The van der Waals surface area contributed by atoms with Crippen molar-refractivity contribution in [2.45, 2.75) is 52.0 Å². The number of hydrogen-bond acceptors (Lipinski definition) is 4. The van der Waals surface area contributed by atoms with Crippen LogP contribution in [0, 0.1) is 28.6 Å². The largest absolute Gasteiger partial charge is 0.343 e. The second-order valence-electron chi connectivity index (χ2n) is 8.83. The highest BCUT2D eigenvalue weighted by molar-refractivity contribution is 6.23. The van der Waals surface area contributed by atoms with Crippen LogP contribution in [0.3, 0.4) is 0 Å². The van der Waals surface area contributed by atoms with Gasteiger partial charge in [-0.05, 0) is 61.2 Å². The average molecular weight is 355 g/mol. The Morgan fingerprint density at radius 2 is 2.00 bits per heavy atom. The normalized spacial score (nSPS) is 43.8. The third-order valence-electron chi connectivity index (χ3n) is 7.74. The molecular weight excluding hydrogens is 330 g/mol. The van der Waals surface area contributed by atoms with Crippen molar-refractivity contribution in [3.8, 4) is 0 Å². The molecule has 5 heteroatoms. The SMILES string of the molecule is C[C@]12C=CC(=O)C=C1[C@H](NC(=O)C=O)C[C@@H]1[C@@H]2CC[C@]2(C)C(=O)CC[C@@H]12. The number of carbonyl (C=O) groups is 4. The molecule has 6 atom stereocenters. The molecule has 0 heterocycles. The molecule has 0 aliphatic heterocycles. The first kappa shape index (κ1) is 17.4. The highest BCUT2D eigenvalue weighted by Gasteiger charge is 2.60. The molecule has 4 rings (SSSR count). The van der Waals surface area contributed by atoms with Crippen molar-refractivity contribution in [1.82, 2.24) is 5.32 Å². The topological polar surface area (TPSA) is 80.3 Å². The molecular formula is C21H25NO4. The third-order valence-corrected chi connectivity index (χ3v) is 7.74. The molecule has 0 radical (unpaired) electrons. The van der Waals surface area contributed by atoms with Gasteiger partial charge in [0.2, 0.25) is 6.29 Å². The van der Waals surface area contributed by atoms with Crippen molar-refractivity contribution < 1.29 is 19.2 Å². The Labute approximate surface area is 153 Å². The summed E-state index contributed by atoms with van der Waals surface area (Å²) in [6.45, 7) is 4.24. The quantitative estimate of drug-likeness (QED) is 0.608. The molecule has 4 aliphatic rings. The van der Waals surface area contributed by atoms with Crippen LogP contribution in [0.1, 0.15) is 46.0 Å². The molecule has 1 N–H and O–H groups in total. The zero-order valence-electron chi connectivity index (χ0n) is 15.3. The fourth-order valence-corrected chi connectivity index (χ4v) is 6.40. The van der Waals surface area contributed by atoms with Gasteiger partial charge in [-0.1, -0.05) is 19.9 Å². The lowest BCUT2D eigenvalue weighted by molar-refractivity contribution is -0.134. The van der Waals surface area contributed by atoms with Crippen LogP contribution >= 0.6 is 0 Å². The molecule has 3 fully saturated rings. The third kappa shape index (κ3) is 2.29. The summed E-state index contributed by atoms with van der Waals surface area (Å²) in [5.41, 5.74) is 0.339. The molecule has 0 spiro atoms. The number of rotatable bonds is 2. The van der Waals surface area contributed by atoms with Gasteiger partial charge < -0.3 is 5.32 Å². The molecule has 3 saturated carbocycles. The Balaban J connectivity index is 1.75. The first-order valence-electron chi connectivity index (χ1n) is 9.54. The Bertz CT molecular complexity index is 766. The number of allylic oxidation sites excluding steroid dienone is 3. The van der Waals surface area contributed by atoms with Crippen LogP contribution in [0.5, 0.6) is 0 Å². The van der Waals surface area contributed by atoms with E-state index in [4.69, 9.17) is 0 Å². The van der Waals surface area contributed by atoms with Gasteiger partial charge >= 0.3 is 0 Å². The lowest BCUT2D eigenvalue weighted by Crippen LogP contribution is -2.56. The lowest BCUT2D eigenvalue weighted by atomic mass is 9.47. The predicted molar refractivity (Wildman–Crippen MR) is 95.0 cm³/mol. The number of amides is 1. The summed E-state index contributed by atoms with van der Waals surface area (Å²) in [7, 11) is 0. The molecule has 4 aliphatic carbocycles. The monoisotopic (exact) mass is 355 g/mol. The molecule has 0 aromatic carbocycles. The maximum Gasteiger partial charge on any atom is 0.284 e. The van der Waals surface area contributed by atoms with E-state index in [1.807, 2.05) is 6.08 Å². The number of Topliss-reactive ketones (excluding diaryl/α,β-unsaturated/α-hetero) is 1. The first-order chi connectivity index (χ1) is 12.3. The average Bonchev–Trinajstić information content (AvgIpc) is 2.91. The van der Waals surface area contributed by atoms with Crippen molar-refractivity contribution in [3.63, 3.8) is 0 Å². The van der Waals surface area contributed by atoms with Gasteiger partial charge in [-0.2, -0.15) is 0 Å². The van der Waals surface area contributed by atoms with Gasteiger partial charge in [0.15, 0.2) is 5.78 Å². The van der Waals surface area contributed by atoms with Gasteiger partial charge in [0.25, 0.3) is 5.91 Å². The van der Waals surface area contributed by atoms with Crippen LogP contribution in [-0.4, -0.2) is 29.8 Å². The molecule has 0 aromatic heterocycles. The van der Waals surface area contributed by atoms with E-state index in [2.05, 4.69) is 19.2 Å². The van der Waals surface area contributed by atoms with E-state index < -0.39 is 5.91 Å². The van der Waals surface area contributed by atoms with Crippen LogP contribution < -0.4 is 5.32 Å². The van der Waals surface area contributed by atoms with E-state index in [0.717, 1.165) is 24.8 Å². The van der Waals surface area contributed by atoms with Gasteiger partial charge in [0, 0.05) is 17.3 Å². The molecule has 0 bridgehead atoms. The molecule has 5 nitrogen and oxygen atoms in total. The molecule has 0 saturated heterocycles. The second-order valence-corrected chi connectivity index (χ2v) is 8.83. The lowest BCUT2D eigenvalue weighted by Gasteiger charge is -2.57. The molecule has 138 valence electrons. The predicted octanol–water partition coefficient (Wildman–Crippen LogP) is 2.16. The minimum Gasteiger partial charge on any atom is -0.343 e. The minimum atomic E-state index is -0.653. The summed E-state index contributed by atoms with van der Waals surface area (Å²) in [5, 5.41) is 2.80. The van der Waals surface area contributed by atoms with Gasteiger partial charge in [-0.15, -0.1) is 0 Å². The van der Waals surface area contributed by atoms with E-state index in [1.54, 1.807) is 12.2 Å². The fraction of sp³-hybridized carbons (Fsp3) is 0.619.